The van der Waals surface area contributed by atoms with Gasteiger partial charge in [-0.15, -0.1) is 0 Å². The number of hydrogen-bond donors (Lipinski definition) is 0. The van der Waals surface area contributed by atoms with Gasteiger partial charge in [-0.05, 0) is 67.8 Å². The van der Waals surface area contributed by atoms with Crippen LogP contribution in [0.15, 0.2) is 97.1 Å². The lowest BCUT2D eigenvalue weighted by molar-refractivity contribution is 0.660. The monoisotopic (exact) mass is 489 g/mol. The SMILES string of the molecule is CN1c2cc3c(cc2-c2ccccc2-c2ccc4c(c21)C(C)(C)c1ccccc1-4)C(C)(C)c1ccccc1-3. The Bertz CT molecular complexity index is 1820. The summed E-state index contributed by atoms with van der Waals surface area (Å²) >= 11 is 0. The number of nitrogens with zero attached hydrogens (tertiary/aromatic N) is 1. The van der Waals surface area contributed by atoms with Gasteiger partial charge in [-0.25, -0.2) is 0 Å². The van der Waals surface area contributed by atoms with Gasteiger partial charge in [0.05, 0.1) is 5.69 Å². The molecule has 5 aromatic rings. The highest BCUT2D eigenvalue weighted by Crippen LogP contribution is 2.59. The molecular weight excluding hydrogens is 458 g/mol. The van der Waals surface area contributed by atoms with E-state index in [1.807, 2.05) is 0 Å². The lowest BCUT2D eigenvalue weighted by Gasteiger charge is -2.31. The van der Waals surface area contributed by atoms with E-state index in [2.05, 4.69) is 137 Å². The summed E-state index contributed by atoms with van der Waals surface area (Å²) in [6.45, 7) is 9.53. The van der Waals surface area contributed by atoms with Crippen molar-refractivity contribution in [2.45, 2.75) is 38.5 Å². The highest BCUT2D eigenvalue weighted by molar-refractivity contribution is 6.05. The molecule has 1 nitrogen and oxygen atoms in total. The Labute approximate surface area is 225 Å². The minimum Gasteiger partial charge on any atom is -0.343 e. The van der Waals surface area contributed by atoms with Crippen LogP contribution in [0.2, 0.25) is 0 Å². The fourth-order valence-corrected chi connectivity index (χ4v) is 7.71. The van der Waals surface area contributed by atoms with Gasteiger partial charge in [-0.3, -0.25) is 0 Å². The predicted octanol–water partition coefficient (Wildman–Crippen LogP) is 9.71. The van der Waals surface area contributed by atoms with Crippen molar-refractivity contribution in [3.8, 4) is 44.5 Å². The molecule has 1 heteroatoms. The summed E-state index contributed by atoms with van der Waals surface area (Å²) in [7, 11) is 2.28. The van der Waals surface area contributed by atoms with Crippen molar-refractivity contribution in [3.05, 3.63) is 119 Å². The normalized spacial score (nSPS) is 16.4. The Hall–Kier alpha value is -4.10. The van der Waals surface area contributed by atoms with E-state index in [1.54, 1.807) is 0 Å². The summed E-state index contributed by atoms with van der Waals surface area (Å²) in [5.41, 5.74) is 18.9. The van der Waals surface area contributed by atoms with Gasteiger partial charge in [-0.1, -0.05) is 113 Å². The molecule has 0 unspecified atom stereocenters. The Morgan fingerprint density at radius 3 is 1.66 bits per heavy atom. The van der Waals surface area contributed by atoms with Crippen LogP contribution in [0.25, 0.3) is 44.5 Å². The Morgan fingerprint density at radius 1 is 0.447 bits per heavy atom. The molecule has 0 radical (unpaired) electrons. The molecule has 184 valence electrons. The van der Waals surface area contributed by atoms with Crippen molar-refractivity contribution < 1.29 is 0 Å². The molecule has 0 saturated heterocycles. The average Bonchev–Trinajstić information content (AvgIpc) is 3.26. The lowest BCUT2D eigenvalue weighted by Crippen LogP contribution is -2.21. The van der Waals surface area contributed by atoms with E-state index in [0.29, 0.717) is 0 Å². The van der Waals surface area contributed by atoms with Crippen molar-refractivity contribution in [2.24, 2.45) is 0 Å². The molecule has 0 bridgehead atoms. The predicted molar refractivity (Wildman–Crippen MR) is 161 cm³/mol. The second kappa shape index (κ2) is 7.05. The van der Waals surface area contributed by atoms with E-state index in [4.69, 9.17) is 0 Å². The van der Waals surface area contributed by atoms with Crippen LogP contribution in [0.5, 0.6) is 0 Å². The van der Waals surface area contributed by atoms with Gasteiger partial charge in [0.15, 0.2) is 0 Å². The van der Waals surface area contributed by atoms with Crippen LogP contribution in [0.1, 0.15) is 49.9 Å². The van der Waals surface area contributed by atoms with Crippen molar-refractivity contribution in [1.29, 1.82) is 0 Å². The number of rotatable bonds is 0. The molecule has 38 heavy (non-hydrogen) atoms. The van der Waals surface area contributed by atoms with E-state index in [0.717, 1.165) is 0 Å². The third-order valence-corrected chi connectivity index (χ3v) is 9.60. The molecule has 0 saturated carbocycles. The van der Waals surface area contributed by atoms with E-state index in [9.17, 15) is 0 Å². The number of fused-ring (bicyclic) bond motifs is 12. The molecule has 1 aliphatic heterocycles. The highest BCUT2D eigenvalue weighted by Gasteiger charge is 2.42. The molecule has 0 amide bonds. The minimum atomic E-state index is -0.0870. The standard InChI is InChI=1S/C37H31N/c1-36(2)30-16-10-9-15-25(30)28-21-33-29(20-32(28)36)23-13-7-6-12-22(23)27-19-18-26-24-14-8-11-17-31(24)37(3,4)34(26)35(27)38(33)5/h6-21H,1-5H3. The zero-order valence-corrected chi connectivity index (χ0v) is 22.7. The minimum absolute atomic E-state index is 0.0293. The van der Waals surface area contributed by atoms with Crippen LogP contribution in [0.4, 0.5) is 11.4 Å². The average molecular weight is 490 g/mol. The van der Waals surface area contributed by atoms with Gasteiger partial charge in [0.1, 0.15) is 0 Å². The third kappa shape index (κ3) is 2.52. The molecule has 0 atom stereocenters. The zero-order chi connectivity index (χ0) is 26.0. The summed E-state index contributed by atoms with van der Waals surface area (Å²) in [4.78, 5) is 2.49. The molecule has 2 aliphatic carbocycles. The second-order valence-corrected chi connectivity index (χ2v) is 12.2. The first-order valence-corrected chi connectivity index (χ1v) is 13.7. The fourth-order valence-electron chi connectivity index (χ4n) is 7.71. The Balaban J connectivity index is 1.49. The molecule has 3 aliphatic rings. The van der Waals surface area contributed by atoms with Crippen LogP contribution in [-0.2, 0) is 10.8 Å². The quantitative estimate of drug-likeness (QED) is 0.209. The van der Waals surface area contributed by atoms with Gasteiger partial charge in [0.25, 0.3) is 0 Å². The van der Waals surface area contributed by atoms with E-state index in [1.165, 1.54) is 78.1 Å². The van der Waals surface area contributed by atoms with Crippen LogP contribution >= 0.6 is 0 Å². The molecule has 0 spiro atoms. The highest BCUT2D eigenvalue weighted by atomic mass is 15.1. The summed E-state index contributed by atoms with van der Waals surface area (Å²) in [6.07, 6.45) is 0. The first-order chi connectivity index (χ1) is 18.3. The molecule has 1 heterocycles. The van der Waals surface area contributed by atoms with Crippen LogP contribution < -0.4 is 4.90 Å². The maximum Gasteiger partial charge on any atom is 0.0535 e. The van der Waals surface area contributed by atoms with E-state index >= 15 is 0 Å². The molecule has 0 aromatic heterocycles. The fraction of sp³-hybridized carbons (Fsp3) is 0.189. The van der Waals surface area contributed by atoms with Crippen molar-refractivity contribution in [1.82, 2.24) is 0 Å². The number of hydrogen-bond acceptors (Lipinski definition) is 1. The summed E-state index contributed by atoms with van der Waals surface area (Å²) in [5.74, 6) is 0. The summed E-state index contributed by atoms with van der Waals surface area (Å²) < 4.78 is 0. The van der Waals surface area contributed by atoms with Crippen LogP contribution in [-0.4, -0.2) is 7.05 Å². The molecule has 0 fully saturated rings. The molecular formula is C37H31N. The third-order valence-electron chi connectivity index (χ3n) is 9.60. The van der Waals surface area contributed by atoms with Crippen LogP contribution in [0.3, 0.4) is 0 Å². The zero-order valence-electron chi connectivity index (χ0n) is 22.7. The number of benzene rings is 5. The van der Waals surface area contributed by atoms with Gasteiger partial charge in [-0.2, -0.15) is 0 Å². The lowest BCUT2D eigenvalue weighted by atomic mass is 9.80. The molecule has 8 rings (SSSR count). The van der Waals surface area contributed by atoms with Gasteiger partial charge >= 0.3 is 0 Å². The van der Waals surface area contributed by atoms with Gasteiger partial charge < -0.3 is 4.90 Å². The van der Waals surface area contributed by atoms with Crippen LogP contribution in [0, 0.1) is 0 Å². The number of anilines is 2. The Kier molecular flexibility index (Phi) is 4.07. The van der Waals surface area contributed by atoms with Gasteiger partial charge in [0.2, 0.25) is 0 Å². The van der Waals surface area contributed by atoms with Crippen molar-refractivity contribution in [2.75, 3.05) is 11.9 Å². The second-order valence-electron chi connectivity index (χ2n) is 12.2. The van der Waals surface area contributed by atoms with Crippen molar-refractivity contribution >= 4 is 11.4 Å². The topological polar surface area (TPSA) is 3.24 Å². The summed E-state index contributed by atoms with van der Waals surface area (Å²) in [6, 6.07) is 36.6. The van der Waals surface area contributed by atoms with E-state index < -0.39 is 0 Å². The summed E-state index contributed by atoms with van der Waals surface area (Å²) in [5, 5.41) is 0. The van der Waals surface area contributed by atoms with E-state index in [-0.39, 0.29) is 10.8 Å². The first kappa shape index (κ1) is 21.9. The maximum atomic E-state index is 2.49. The molecule has 0 N–H and O–H groups in total. The first-order valence-electron chi connectivity index (χ1n) is 13.7. The smallest absolute Gasteiger partial charge is 0.0535 e. The molecule has 5 aromatic carbocycles. The van der Waals surface area contributed by atoms with Crippen molar-refractivity contribution in [3.63, 3.8) is 0 Å². The Morgan fingerprint density at radius 2 is 0.974 bits per heavy atom. The largest absolute Gasteiger partial charge is 0.343 e. The van der Waals surface area contributed by atoms with Gasteiger partial charge in [0, 0.05) is 34.7 Å². The maximum absolute atomic E-state index is 2.49.